The maximum Gasteiger partial charge on any atom is 0.308 e. The highest BCUT2D eigenvalue weighted by Gasteiger charge is 2.27. The average Bonchev–Trinajstić information content (AvgIpc) is 3.16. The minimum absolute atomic E-state index is 0. The number of aromatic nitrogens is 2. The van der Waals surface area contributed by atoms with E-state index in [4.69, 9.17) is 4.74 Å². The number of methoxy groups -OCH3 is 1. The Morgan fingerprint density at radius 2 is 1.86 bits per heavy atom. The lowest BCUT2D eigenvalue weighted by Gasteiger charge is -2.27. The zero-order valence-electron chi connectivity index (χ0n) is 16.4. The molecule has 1 aromatic heterocycles. The number of halogens is 2. The lowest BCUT2D eigenvalue weighted by atomic mass is 9.86. The van der Waals surface area contributed by atoms with E-state index in [1.807, 2.05) is 6.33 Å². The number of nitrogens with one attached hydrogen (secondary N) is 2. The summed E-state index contributed by atoms with van der Waals surface area (Å²) in [5.41, 5.74) is 0.980. The van der Waals surface area contributed by atoms with E-state index >= 15 is 0 Å². The van der Waals surface area contributed by atoms with Crippen LogP contribution in [0, 0.1) is 5.92 Å². The monoisotopic (exact) mass is 434 g/mol. The molecule has 0 aromatic carbocycles. The molecule has 7 nitrogen and oxygen atoms in total. The van der Waals surface area contributed by atoms with Crippen LogP contribution in [0.25, 0.3) is 0 Å². The van der Waals surface area contributed by atoms with Crippen molar-refractivity contribution in [1.82, 2.24) is 20.2 Å². The number of aryl methyl sites for hydroxylation is 1. The van der Waals surface area contributed by atoms with Crippen molar-refractivity contribution in [3.63, 3.8) is 0 Å². The fourth-order valence-corrected chi connectivity index (χ4v) is 3.99. The molecule has 2 heterocycles. The summed E-state index contributed by atoms with van der Waals surface area (Å²) in [4.78, 5) is 28.2. The number of rotatable bonds is 6. The number of nitrogens with zero attached hydrogens (tertiary/aromatic N) is 2. The molecule has 160 valence electrons. The topological polar surface area (TPSA) is 85.2 Å². The molecule has 2 aliphatic rings. The third-order valence-corrected chi connectivity index (χ3v) is 5.62. The third-order valence-electron chi connectivity index (χ3n) is 5.62. The smallest absolute Gasteiger partial charge is 0.308 e. The number of ether oxygens (including phenoxy) is 1. The van der Waals surface area contributed by atoms with Crippen molar-refractivity contribution >= 4 is 36.7 Å². The lowest BCUT2D eigenvalue weighted by Crippen LogP contribution is -2.39. The Labute approximate surface area is 179 Å². The highest BCUT2D eigenvalue weighted by atomic mass is 35.5. The van der Waals surface area contributed by atoms with Crippen LogP contribution in [0.5, 0.6) is 0 Å². The number of esters is 1. The average molecular weight is 435 g/mol. The summed E-state index contributed by atoms with van der Waals surface area (Å²) in [7, 11) is 1.43. The van der Waals surface area contributed by atoms with Gasteiger partial charge in [0.15, 0.2) is 0 Å². The van der Waals surface area contributed by atoms with E-state index in [0.717, 1.165) is 57.3 Å². The molecule has 0 spiro atoms. The Bertz CT molecular complexity index is 612. The third kappa shape index (κ3) is 6.94. The van der Waals surface area contributed by atoms with Crippen LogP contribution in [0.15, 0.2) is 12.5 Å². The van der Waals surface area contributed by atoms with Gasteiger partial charge in [0.05, 0.1) is 25.0 Å². The molecule has 0 bridgehead atoms. The van der Waals surface area contributed by atoms with E-state index in [0.29, 0.717) is 18.9 Å². The fourth-order valence-electron chi connectivity index (χ4n) is 3.99. The van der Waals surface area contributed by atoms with E-state index < -0.39 is 0 Å². The molecule has 1 aliphatic heterocycles. The van der Waals surface area contributed by atoms with Gasteiger partial charge in [-0.1, -0.05) is 0 Å². The summed E-state index contributed by atoms with van der Waals surface area (Å²) in [5.74, 6) is -0.0610. The van der Waals surface area contributed by atoms with Crippen molar-refractivity contribution in [2.75, 3.05) is 20.2 Å². The molecule has 1 aliphatic carbocycles. The first-order valence-electron chi connectivity index (χ1n) is 9.76. The number of hydrogen-bond acceptors (Lipinski definition) is 5. The molecule has 1 saturated heterocycles. The second-order valence-corrected chi connectivity index (χ2v) is 7.43. The maximum atomic E-state index is 12.2. The van der Waals surface area contributed by atoms with Gasteiger partial charge in [-0.3, -0.25) is 9.59 Å². The van der Waals surface area contributed by atoms with E-state index in [9.17, 15) is 9.59 Å². The van der Waals surface area contributed by atoms with E-state index in [1.165, 1.54) is 7.11 Å². The standard InChI is InChI=1S/C19H30N4O3.2ClH/c1-26-19(25)14-2-4-15(5-3-14)22-18(24)7-6-16-12-23(13-21-16)17-8-10-20-11-9-17;;/h12-15,17,20H,2-11H2,1H3,(H,22,24);2*1H. The Balaban J connectivity index is 0.00000196. The van der Waals surface area contributed by atoms with Crippen LogP contribution in [0.3, 0.4) is 0 Å². The molecule has 3 rings (SSSR count). The highest BCUT2D eigenvalue weighted by Crippen LogP contribution is 2.25. The summed E-state index contributed by atoms with van der Waals surface area (Å²) >= 11 is 0. The fraction of sp³-hybridized carbons (Fsp3) is 0.737. The molecule has 1 aromatic rings. The number of hydrogen-bond donors (Lipinski definition) is 2. The first-order valence-corrected chi connectivity index (χ1v) is 9.76. The number of carbonyl (C=O) groups excluding carboxylic acids is 2. The molecule has 0 atom stereocenters. The molecule has 2 N–H and O–H groups in total. The molecular formula is C19H32Cl2N4O3. The van der Waals surface area contributed by atoms with Crippen LogP contribution in [0.2, 0.25) is 0 Å². The van der Waals surface area contributed by atoms with Gasteiger partial charge in [-0.05, 0) is 58.0 Å². The molecule has 1 amide bonds. The van der Waals surface area contributed by atoms with Gasteiger partial charge >= 0.3 is 5.97 Å². The van der Waals surface area contributed by atoms with Gasteiger partial charge < -0.3 is 19.9 Å². The van der Waals surface area contributed by atoms with Gasteiger partial charge in [0.2, 0.25) is 5.91 Å². The summed E-state index contributed by atoms with van der Waals surface area (Å²) < 4.78 is 7.00. The predicted molar refractivity (Wildman–Crippen MR) is 112 cm³/mol. The summed E-state index contributed by atoms with van der Waals surface area (Å²) in [6, 6.07) is 0.701. The zero-order chi connectivity index (χ0) is 18.4. The lowest BCUT2D eigenvalue weighted by molar-refractivity contribution is -0.146. The SMILES string of the molecule is COC(=O)C1CCC(NC(=O)CCc2cn(C3CCNCC3)cn2)CC1.Cl.Cl. The number of imidazole rings is 1. The van der Waals surface area contributed by atoms with E-state index in [1.54, 1.807) is 0 Å². The van der Waals surface area contributed by atoms with Crippen molar-refractivity contribution in [2.45, 2.75) is 63.5 Å². The van der Waals surface area contributed by atoms with E-state index in [2.05, 4.69) is 26.4 Å². The largest absolute Gasteiger partial charge is 0.469 e. The van der Waals surface area contributed by atoms with Gasteiger partial charge in [-0.15, -0.1) is 24.8 Å². The van der Waals surface area contributed by atoms with Crippen molar-refractivity contribution < 1.29 is 14.3 Å². The van der Waals surface area contributed by atoms with E-state index in [-0.39, 0.29) is 48.7 Å². The normalized spacial score (nSPS) is 22.5. The van der Waals surface area contributed by atoms with Crippen molar-refractivity contribution in [3.8, 4) is 0 Å². The molecule has 1 saturated carbocycles. The molecular weight excluding hydrogens is 403 g/mol. The zero-order valence-corrected chi connectivity index (χ0v) is 18.0. The van der Waals surface area contributed by atoms with Crippen molar-refractivity contribution in [2.24, 2.45) is 5.92 Å². The van der Waals surface area contributed by atoms with Gasteiger partial charge in [0, 0.05) is 24.7 Å². The number of carbonyl (C=O) groups is 2. The molecule has 28 heavy (non-hydrogen) atoms. The highest BCUT2D eigenvalue weighted by molar-refractivity contribution is 5.85. The number of piperidine rings is 1. The maximum absolute atomic E-state index is 12.2. The Morgan fingerprint density at radius 3 is 2.50 bits per heavy atom. The first-order chi connectivity index (χ1) is 12.7. The molecule has 0 unspecified atom stereocenters. The summed E-state index contributed by atoms with van der Waals surface area (Å²) in [5, 5.41) is 6.47. The minimum Gasteiger partial charge on any atom is -0.469 e. The minimum atomic E-state index is -0.126. The molecule has 0 radical (unpaired) electrons. The quantitative estimate of drug-likeness (QED) is 0.671. The van der Waals surface area contributed by atoms with Gasteiger partial charge in [0.1, 0.15) is 0 Å². The Morgan fingerprint density at radius 1 is 1.18 bits per heavy atom. The second-order valence-electron chi connectivity index (χ2n) is 7.43. The van der Waals surface area contributed by atoms with Gasteiger partial charge in [-0.25, -0.2) is 4.98 Å². The van der Waals surface area contributed by atoms with Crippen LogP contribution in [-0.2, 0) is 20.7 Å². The van der Waals surface area contributed by atoms with Crippen molar-refractivity contribution in [3.05, 3.63) is 18.2 Å². The summed E-state index contributed by atoms with van der Waals surface area (Å²) in [6.45, 7) is 2.11. The van der Waals surface area contributed by atoms with Crippen LogP contribution in [-0.4, -0.2) is 47.7 Å². The van der Waals surface area contributed by atoms with Crippen LogP contribution >= 0.6 is 24.8 Å². The van der Waals surface area contributed by atoms with Gasteiger partial charge in [-0.2, -0.15) is 0 Å². The van der Waals surface area contributed by atoms with Crippen LogP contribution < -0.4 is 10.6 Å². The van der Waals surface area contributed by atoms with Crippen molar-refractivity contribution in [1.29, 1.82) is 0 Å². The summed E-state index contributed by atoms with van der Waals surface area (Å²) in [6.07, 6.45) is 10.6. The van der Waals surface area contributed by atoms with Gasteiger partial charge in [0.25, 0.3) is 0 Å². The molecule has 2 fully saturated rings. The van der Waals surface area contributed by atoms with Crippen LogP contribution in [0.1, 0.15) is 56.7 Å². The Hall–Kier alpha value is -1.31. The second kappa shape index (κ2) is 12.3. The van der Waals surface area contributed by atoms with Crippen LogP contribution in [0.4, 0.5) is 0 Å². The molecule has 9 heteroatoms. The first kappa shape index (κ1) is 24.7. The Kier molecular flexibility index (Phi) is 10.9. The predicted octanol–water partition coefficient (Wildman–Crippen LogP) is 2.43. The number of amides is 1.